The summed E-state index contributed by atoms with van der Waals surface area (Å²) in [5.74, 6) is 0.346. The number of benzene rings is 1. The number of halogens is 1. The highest BCUT2D eigenvalue weighted by atomic mass is 35.5. The van der Waals surface area contributed by atoms with Gasteiger partial charge in [0.1, 0.15) is 11.6 Å². The van der Waals surface area contributed by atoms with E-state index in [-0.39, 0.29) is 11.8 Å². The Bertz CT molecular complexity index is 729. The maximum atomic E-state index is 12.8. The molecule has 3 atom stereocenters. The number of nitrogens with zero attached hydrogens (tertiary/aromatic N) is 1. The third-order valence-corrected chi connectivity index (χ3v) is 5.16. The molecule has 6 nitrogen and oxygen atoms in total. The Kier molecular flexibility index (Phi) is 4.35. The van der Waals surface area contributed by atoms with E-state index in [9.17, 15) is 9.59 Å². The summed E-state index contributed by atoms with van der Waals surface area (Å²) in [5, 5.41) is 3.40. The molecule has 2 amide bonds. The number of ether oxygens (including phenoxy) is 1. The number of carbonyl (C=O) groups is 2. The van der Waals surface area contributed by atoms with Crippen molar-refractivity contribution in [2.45, 2.75) is 45.8 Å². The van der Waals surface area contributed by atoms with Gasteiger partial charge >= 0.3 is 6.09 Å². The second-order valence-electron chi connectivity index (χ2n) is 7.86. The molecule has 0 bridgehead atoms. The van der Waals surface area contributed by atoms with Crippen LogP contribution in [0.2, 0.25) is 5.02 Å². The fourth-order valence-corrected chi connectivity index (χ4v) is 3.49. The van der Waals surface area contributed by atoms with Gasteiger partial charge in [-0.15, -0.1) is 0 Å². The van der Waals surface area contributed by atoms with Gasteiger partial charge in [0, 0.05) is 11.6 Å². The van der Waals surface area contributed by atoms with Crippen molar-refractivity contribution in [3.05, 3.63) is 22.7 Å². The van der Waals surface area contributed by atoms with Crippen molar-refractivity contribution in [1.82, 2.24) is 4.90 Å². The van der Waals surface area contributed by atoms with Crippen LogP contribution in [0.1, 0.15) is 32.8 Å². The molecule has 25 heavy (non-hydrogen) atoms. The molecule has 0 radical (unpaired) electrons. The van der Waals surface area contributed by atoms with Gasteiger partial charge in [-0.05, 0) is 63.6 Å². The van der Waals surface area contributed by atoms with Crippen molar-refractivity contribution in [1.29, 1.82) is 0 Å². The van der Waals surface area contributed by atoms with Crippen LogP contribution in [0, 0.1) is 18.8 Å². The Balaban J connectivity index is 1.76. The highest BCUT2D eigenvalue weighted by Gasteiger charge is 2.57. The number of nitrogens with two attached hydrogens (primary N) is 1. The molecule has 3 rings (SSSR count). The smallest absolute Gasteiger partial charge is 0.410 e. The van der Waals surface area contributed by atoms with Crippen molar-refractivity contribution < 1.29 is 14.3 Å². The maximum absolute atomic E-state index is 12.8. The summed E-state index contributed by atoms with van der Waals surface area (Å²) in [7, 11) is 0. The van der Waals surface area contributed by atoms with E-state index in [0.29, 0.717) is 28.9 Å². The van der Waals surface area contributed by atoms with Gasteiger partial charge < -0.3 is 15.8 Å². The molecule has 1 aliphatic heterocycles. The summed E-state index contributed by atoms with van der Waals surface area (Å²) in [6.45, 7) is 7.80. The number of anilines is 2. The highest BCUT2D eigenvalue weighted by Crippen LogP contribution is 2.50. The van der Waals surface area contributed by atoms with Crippen LogP contribution in [0.3, 0.4) is 0 Å². The van der Waals surface area contributed by atoms with Crippen LogP contribution in [-0.4, -0.2) is 35.1 Å². The molecule has 7 heteroatoms. The molecule has 2 fully saturated rings. The fraction of sp³-hybridized carbons (Fsp3) is 0.556. The van der Waals surface area contributed by atoms with E-state index < -0.39 is 17.7 Å². The van der Waals surface area contributed by atoms with E-state index in [2.05, 4.69) is 5.32 Å². The minimum atomic E-state index is -0.595. The van der Waals surface area contributed by atoms with Crippen molar-refractivity contribution in [2.24, 2.45) is 11.8 Å². The number of hydrogen-bond donors (Lipinski definition) is 2. The first-order valence-electron chi connectivity index (χ1n) is 8.43. The van der Waals surface area contributed by atoms with Gasteiger partial charge in [0.15, 0.2) is 0 Å². The van der Waals surface area contributed by atoms with Gasteiger partial charge in [0.05, 0.1) is 11.4 Å². The quantitative estimate of drug-likeness (QED) is 0.786. The molecule has 1 saturated heterocycles. The zero-order valence-electron chi connectivity index (χ0n) is 14.9. The van der Waals surface area contributed by atoms with Crippen LogP contribution in [-0.2, 0) is 9.53 Å². The summed E-state index contributed by atoms with van der Waals surface area (Å²) in [5.41, 5.74) is 7.13. The van der Waals surface area contributed by atoms with Gasteiger partial charge in [-0.3, -0.25) is 9.69 Å². The normalized spacial score (nSPS) is 24.7. The molecular formula is C18H24ClN3O3. The molecule has 0 spiro atoms. The van der Waals surface area contributed by atoms with Crippen LogP contribution in [0.4, 0.5) is 16.2 Å². The first kappa shape index (κ1) is 17.9. The number of nitrogens with one attached hydrogen (secondary N) is 1. The van der Waals surface area contributed by atoms with E-state index in [1.807, 2.05) is 20.8 Å². The maximum Gasteiger partial charge on any atom is 0.410 e. The first-order chi connectivity index (χ1) is 11.6. The summed E-state index contributed by atoms with van der Waals surface area (Å²) in [6.07, 6.45) is 0.520. The molecular weight excluding hydrogens is 342 g/mol. The van der Waals surface area contributed by atoms with Crippen molar-refractivity contribution >= 4 is 35.0 Å². The van der Waals surface area contributed by atoms with E-state index >= 15 is 0 Å². The molecule has 1 heterocycles. The second-order valence-corrected chi connectivity index (χ2v) is 8.27. The summed E-state index contributed by atoms with van der Waals surface area (Å²) < 4.78 is 5.44. The van der Waals surface area contributed by atoms with Gasteiger partial charge in [-0.25, -0.2) is 4.79 Å². The van der Waals surface area contributed by atoms with E-state index in [4.69, 9.17) is 22.1 Å². The highest BCUT2D eigenvalue weighted by molar-refractivity contribution is 6.32. The average Bonchev–Trinajstić information content (AvgIpc) is 3.16. The summed E-state index contributed by atoms with van der Waals surface area (Å²) >= 11 is 6.04. The Morgan fingerprint density at radius 1 is 1.36 bits per heavy atom. The van der Waals surface area contributed by atoms with Crippen molar-refractivity contribution in [2.75, 3.05) is 17.6 Å². The molecule has 0 aromatic heterocycles. The van der Waals surface area contributed by atoms with Crippen molar-refractivity contribution in [3.63, 3.8) is 0 Å². The Morgan fingerprint density at radius 3 is 2.68 bits per heavy atom. The van der Waals surface area contributed by atoms with Gasteiger partial charge in [0.25, 0.3) is 0 Å². The molecule has 1 aromatic carbocycles. The lowest BCUT2D eigenvalue weighted by molar-refractivity contribution is -0.121. The van der Waals surface area contributed by atoms with Crippen LogP contribution in [0.15, 0.2) is 12.1 Å². The standard InChI is InChI=1S/C18H24ClN3O3/c1-9-12(19)5-6-13(14(9)20)21-16(23)15-11-7-10(11)8-22(15)17(24)25-18(2,3)4/h5-6,10-11,15H,7-8,20H2,1-4H3,(H,21,23)/t10-,11-,15-/m0/s1. The number of likely N-dealkylation sites (tertiary alicyclic amines) is 1. The van der Waals surface area contributed by atoms with E-state index in [1.54, 1.807) is 24.0 Å². The molecule has 3 N–H and O–H groups in total. The minimum Gasteiger partial charge on any atom is -0.444 e. The summed E-state index contributed by atoms with van der Waals surface area (Å²) in [4.78, 5) is 26.8. The first-order valence-corrected chi connectivity index (χ1v) is 8.81. The fourth-order valence-electron chi connectivity index (χ4n) is 3.33. The minimum absolute atomic E-state index is 0.196. The SMILES string of the molecule is Cc1c(Cl)ccc(NC(=O)[C@@H]2[C@H]3C[C@H]3CN2C(=O)OC(C)(C)C)c1N. The number of hydrogen-bond acceptors (Lipinski definition) is 4. The number of fused-ring (bicyclic) bond motifs is 1. The van der Waals surface area contributed by atoms with Gasteiger partial charge in [-0.1, -0.05) is 11.6 Å². The van der Waals surface area contributed by atoms with E-state index in [1.165, 1.54) is 0 Å². The molecule has 136 valence electrons. The third-order valence-electron chi connectivity index (χ3n) is 4.75. The Hall–Kier alpha value is -1.95. The number of nitrogen functional groups attached to an aromatic ring is 1. The average molecular weight is 366 g/mol. The topological polar surface area (TPSA) is 84.7 Å². The van der Waals surface area contributed by atoms with Crippen molar-refractivity contribution in [3.8, 4) is 0 Å². The second kappa shape index (κ2) is 6.09. The third kappa shape index (κ3) is 3.54. The number of rotatable bonds is 2. The van der Waals surface area contributed by atoms with Crippen LogP contribution in [0.25, 0.3) is 0 Å². The Labute approximate surface area is 152 Å². The van der Waals surface area contributed by atoms with Crippen LogP contribution in [0.5, 0.6) is 0 Å². The lowest BCUT2D eigenvalue weighted by Crippen LogP contribution is -2.47. The summed E-state index contributed by atoms with van der Waals surface area (Å²) in [6, 6.07) is 2.86. The monoisotopic (exact) mass is 365 g/mol. The molecule has 1 aromatic rings. The Morgan fingerprint density at radius 2 is 2.04 bits per heavy atom. The number of piperidine rings is 1. The van der Waals surface area contributed by atoms with Gasteiger partial charge in [0.2, 0.25) is 5.91 Å². The van der Waals surface area contributed by atoms with Gasteiger partial charge in [-0.2, -0.15) is 0 Å². The predicted molar refractivity (Wildman–Crippen MR) is 97.6 cm³/mol. The zero-order valence-corrected chi connectivity index (χ0v) is 15.7. The number of carbonyl (C=O) groups excluding carboxylic acids is 2. The zero-order chi connectivity index (χ0) is 18.5. The van der Waals surface area contributed by atoms with Crippen LogP contribution >= 0.6 is 11.6 Å². The lowest BCUT2D eigenvalue weighted by atomic mass is 10.1. The molecule has 1 saturated carbocycles. The lowest BCUT2D eigenvalue weighted by Gasteiger charge is -2.30. The number of amides is 2. The molecule has 0 unspecified atom stereocenters. The predicted octanol–water partition coefficient (Wildman–Crippen LogP) is 3.42. The van der Waals surface area contributed by atoms with E-state index in [0.717, 1.165) is 12.0 Å². The molecule has 2 aliphatic rings. The largest absolute Gasteiger partial charge is 0.444 e. The van der Waals surface area contributed by atoms with Crippen LogP contribution < -0.4 is 11.1 Å². The molecule has 1 aliphatic carbocycles.